The van der Waals surface area contributed by atoms with Gasteiger partial charge in [0.25, 0.3) is 0 Å². The summed E-state index contributed by atoms with van der Waals surface area (Å²) in [6.07, 6.45) is 10.6. The number of carbonyl (C=O) groups excluding carboxylic acids is 1. The lowest BCUT2D eigenvalue weighted by atomic mass is 9.90. The van der Waals surface area contributed by atoms with Crippen LogP contribution < -0.4 is 15.7 Å². The Morgan fingerprint density at radius 2 is 1.72 bits per heavy atom. The normalized spacial score (nSPS) is 22.9. The Kier molecular flexibility index (Phi) is 8.44. The number of benzene rings is 1. The third kappa shape index (κ3) is 6.72. The molecule has 1 aliphatic carbocycles. The highest BCUT2D eigenvalue weighted by Gasteiger charge is 2.33. The van der Waals surface area contributed by atoms with Gasteiger partial charge in [0.05, 0.1) is 12.3 Å². The van der Waals surface area contributed by atoms with E-state index in [4.69, 9.17) is 9.47 Å². The molecule has 1 atom stereocenters. The third-order valence-electron chi connectivity index (χ3n) is 7.20. The minimum absolute atomic E-state index is 0.0147. The third-order valence-corrected chi connectivity index (χ3v) is 7.20. The second kappa shape index (κ2) is 11.5. The Labute approximate surface area is 214 Å². The smallest absolute Gasteiger partial charge is 0.407 e. The van der Waals surface area contributed by atoms with Crippen LogP contribution in [0.1, 0.15) is 78.7 Å². The van der Waals surface area contributed by atoms with Crippen molar-refractivity contribution in [3.63, 3.8) is 0 Å². The molecule has 1 N–H and O–H groups in total. The van der Waals surface area contributed by atoms with Crippen molar-refractivity contribution in [3.8, 4) is 11.4 Å². The van der Waals surface area contributed by atoms with Crippen LogP contribution in [-0.4, -0.2) is 57.5 Å². The van der Waals surface area contributed by atoms with E-state index in [1.807, 2.05) is 62.0 Å². The van der Waals surface area contributed by atoms with Crippen LogP contribution in [0, 0.1) is 0 Å². The first-order valence-electron chi connectivity index (χ1n) is 13.5. The maximum atomic E-state index is 13.2. The minimum atomic E-state index is -0.482. The molecule has 198 valence electrons. The molecule has 1 saturated heterocycles. The summed E-state index contributed by atoms with van der Waals surface area (Å²) in [4.78, 5) is 27.8. The number of imidazole rings is 1. The minimum Gasteiger partial charge on any atom is -0.494 e. The van der Waals surface area contributed by atoms with Crippen LogP contribution in [0.5, 0.6) is 5.75 Å². The maximum Gasteiger partial charge on any atom is 0.407 e. The zero-order valence-corrected chi connectivity index (χ0v) is 22.2. The molecule has 4 rings (SSSR count). The first kappa shape index (κ1) is 26.3. The summed E-state index contributed by atoms with van der Waals surface area (Å²) in [7, 11) is 0. The number of unbranched alkanes of at least 4 members (excludes halogenated alkanes) is 1. The number of amides is 1. The molecule has 0 bridgehead atoms. The molecule has 1 aromatic heterocycles. The highest BCUT2D eigenvalue weighted by Crippen LogP contribution is 2.32. The molecule has 1 saturated carbocycles. The van der Waals surface area contributed by atoms with Crippen molar-refractivity contribution >= 4 is 6.09 Å². The van der Waals surface area contributed by atoms with Gasteiger partial charge in [0.15, 0.2) is 0 Å². The fourth-order valence-corrected chi connectivity index (χ4v) is 5.31. The van der Waals surface area contributed by atoms with Crippen LogP contribution in [-0.2, 0) is 4.74 Å². The number of alkyl carbamates (subject to hydrolysis) is 1. The van der Waals surface area contributed by atoms with Gasteiger partial charge in [0.1, 0.15) is 11.4 Å². The SMILES string of the molecule is CCCCOc1ccc(-n2ccn(C3CCC(N4CCC(NC(=O)OC(C)(C)C)C4)CC3)c2=O)cc1. The van der Waals surface area contributed by atoms with E-state index in [1.54, 1.807) is 4.57 Å². The van der Waals surface area contributed by atoms with Crippen LogP contribution in [0.3, 0.4) is 0 Å². The van der Waals surface area contributed by atoms with Gasteiger partial charge in [-0.1, -0.05) is 13.3 Å². The van der Waals surface area contributed by atoms with Gasteiger partial charge in [-0.15, -0.1) is 0 Å². The molecule has 2 heterocycles. The second-order valence-corrected chi connectivity index (χ2v) is 11.1. The number of rotatable bonds is 8. The van der Waals surface area contributed by atoms with Crippen molar-refractivity contribution in [3.05, 3.63) is 47.1 Å². The Balaban J connectivity index is 1.28. The molecular formula is C28H42N4O4. The largest absolute Gasteiger partial charge is 0.494 e. The summed E-state index contributed by atoms with van der Waals surface area (Å²) in [5, 5.41) is 3.02. The predicted molar refractivity (Wildman–Crippen MR) is 141 cm³/mol. The molecule has 0 spiro atoms. The Bertz CT molecular complexity index is 1040. The van der Waals surface area contributed by atoms with Gasteiger partial charge in [0, 0.05) is 43.6 Å². The Morgan fingerprint density at radius 1 is 1.03 bits per heavy atom. The number of nitrogens with one attached hydrogen (secondary N) is 1. The number of carbonyl (C=O) groups is 1. The lowest BCUT2D eigenvalue weighted by molar-refractivity contribution is 0.0503. The molecule has 8 heteroatoms. The second-order valence-electron chi connectivity index (χ2n) is 11.1. The number of aromatic nitrogens is 2. The van der Waals surface area contributed by atoms with Crippen molar-refractivity contribution < 1.29 is 14.3 Å². The first-order chi connectivity index (χ1) is 17.2. The van der Waals surface area contributed by atoms with Crippen LogP contribution in [0.15, 0.2) is 41.5 Å². The molecule has 1 aromatic carbocycles. The summed E-state index contributed by atoms with van der Waals surface area (Å²) in [6.45, 7) is 10.4. The Hall–Kier alpha value is -2.74. The highest BCUT2D eigenvalue weighted by atomic mass is 16.6. The standard InChI is InChI=1S/C28H42N4O4/c1-5-6-19-35-25-13-11-24(12-14-25)32-18-17-31(27(32)34)23-9-7-22(8-10-23)30-16-15-21(20-30)29-26(33)36-28(2,3)4/h11-14,17-18,21-23H,5-10,15-16,19-20H2,1-4H3,(H,29,33). The molecule has 2 fully saturated rings. The molecular weight excluding hydrogens is 456 g/mol. The van der Waals surface area contributed by atoms with E-state index >= 15 is 0 Å². The summed E-state index contributed by atoms with van der Waals surface area (Å²) in [5.74, 6) is 0.837. The quantitative estimate of drug-likeness (QED) is 0.524. The van der Waals surface area contributed by atoms with Crippen LogP contribution in [0.25, 0.3) is 5.69 Å². The van der Waals surface area contributed by atoms with Crippen molar-refractivity contribution in [1.82, 2.24) is 19.4 Å². The molecule has 1 amide bonds. The number of hydrogen-bond donors (Lipinski definition) is 1. The van der Waals surface area contributed by atoms with Crippen LogP contribution in [0.4, 0.5) is 4.79 Å². The molecule has 36 heavy (non-hydrogen) atoms. The fraction of sp³-hybridized carbons (Fsp3) is 0.643. The van der Waals surface area contributed by atoms with Crippen molar-refractivity contribution in [2.45, 2.75) is 96.4 Å². The molecule has 1 unspecified atom stereocenters. The number of nitrogens with zero attached hydrogens (tertiary/aromatic N) is 3. The van der Waals surface area contributed by atoms with Gasteiger partial charge < -0.3 is 14.8 Å². The first-order valence-corrected chi connectivity index (χ1v) is 13.5. The van der Waals surface area contributed by atoms with Crippen molar-refractivity contribution in [1.29, 1.82) is 0 Å². The zero-order valence-electron chi connectivity index (χ0n) is 22.2. The number of ether oxygens (including phenoxy) is 2. The summed E-state index contributed by atoms with van der Waals surface area (Å²) >= 11 is 0. The fourth-order valence-electron chi connectivity index (χ4n) is 5.31. The average molecular weight is 499 g/mol. The van der Waals surface area contributed by atoms with Gasteiger partial charge in [-0.2, -0.15) is 0 Å². The monoisotopic (exact) mass is 498 g/mol. The average Bonchev–Trinajstić information content (AvgIpc) is 3.45. The van der Waals surface area contributed by atoms with E-state index in [0.717, 1.165) is 69.5 Å². The zero-order chi connectivity index (χ0) is 25.7. The van der Waals surface area contributed by atoms with E-state index in [2.05, 4.69) is 17.1 Å². The lowest BCUT2D eigenvalue weighted by Crippen LogP contribution is -2.43. The summed E-state index contributed by atoms with van der Waals surface area (Å²) < 4.78 is 14.8. The lowest BCUT2D eigenvalue weighted by Gasteiger charge is -2.35. The van der Waals surface area contributed by atoms with Gasteiger partial charge in [-0.05, 0) is 83.6 Å². The van der Waals surface area contributed by atoms with Gasteiger partial charge in [-0.25, -0.2) is 9.59 Å². The summed E-state index contributed by atoms with van der Waals surface area (Å²) in [6, 6.07) is 8.62. The predicted octanol–water partition coefficient (Wildman–Crippen LogP) is 4.90. The summed E-state index contributed by atoms with van der Waals surface area (Å²) in [5.41, 5.74) is 0.390. The van der Waals surface area contributed by atoms with E-state index in [1.165, 1.54) is 0 Å². The number of likely N-dealkylation sites (tertiary alicyclic amines) is 1. The molecule has 1 aliphatic heterocycles. The van der Waals surface area contributed by atoms with Gasteiger partial charge >= 0.3 is 11.8 Å². The van der Waals surface area contributed by atoms with E-state index in [9.17, 15) is 9.59 Å². The van der Waals surface area contributed by atoms with Crippen molar-refractivity contribution in [2.24, 2.45) is 0 Å². The van der Waals surface area contributed by atoms with Gasteiger partial charge in [0.2, 0.25) is 0 Å². The van der Waals surface area contributed by atoms with Crippen LogP contribution in [0.2, 0.25) is 0 Å². The molecule has 2 aliphatic rings. The number of hydrogen-bond acceptors (Lipinski definition) is 5. The van der Waals surface area contributed by atoms with Gasteiger partial charge in [-0.3, -0.25) is 14.0 Å². The Morgan fingerprint density at radius 3 is 2.39 bits per heavy atom. The van der Waals surface area contributed by atoms with E-state index in [-0.39, 0.29) is 23.9 Å². The van der Waals surface area contributed by atoms with Crippen LogP contribution >= 0.6 is 0 Å². The van der Waals surface area contributed by atoms with Crippen molar-refractivity contribution in [2.75, 3.05) is 19.7 Å². The highest BCUT2D eigenvalue weighted by molar-refractivity contribution is 5.68. The van der Waals surface area contributed by atoms with E-state index in [0.29, 0.717) is 12.6 Å². The molecule has 2 aromatic rings. The van der Waals surface area contributed by atoms with E-state index < -0.39 is 5.60 Å². The topological polar surface area (TPSA) is 77.7 Å². The molecule has 0 radical (unpaired) electrons. The molecule has 8 nitrogen and oxygen atoms in total. The maximum absolute atomic E-state index is 13.2.